The highest BCUT2D eigenvalue weighted by Crippen LogP contribution is 2.38. The van der Waals surface area contributed by atoms with Crippen molar-refractivity contribution in [1.82, 2.24) is 4.90 Å². The third kappa shape index (κ3) is 5.20. The first-order valence-corrected chi connectivity index (χ1v) is 11.0. The third-order valence-corrected chi connectivity index (χ3v) is 6.35. The summed E-state index contributed by atoms with van der Waals surface area (Å²) >= 11 is 0. The number of piperidine rings is 1. The quantitative estimate of drug-likeness (QED) is 0.728. The summed E-state index contributed by atoms with van der Waals surface area (Å²) in [5, 5.41) is 13.1. The van der Waals surface area contributed by atoms with Crippen molar-refractivity contribution in [3.05, 3.63) is 60.2 Å². The van der Waals surface area contributed by atoms with Crippen molar-refractivity contribution in [3.63, 3.8) is 0 Å². The number of aliphatic hydroxyl groups is 1. The zero-order valence-electron chi connectivity index (χ0n) is 18.0. The Balaban J connectivity index is 1.47. The number of benzene rings is 2. The van der Waals surface area contributed by atoms with E-state index in [0.29, 0.717) is 25.9 Å². The number of aliphatic hydroxyl groups excluding tert-OH is 1. The molecule has 4 rings (SSSR count). The molecule has 1 saturated heterocycles. The van der Waals surface area contributed by atoms with Gasteiger partial charge in [0.25, 0.3) is 0 Å². The lowest BCUT2D eigenvalue weighted by Gasteiger charge is -2.37. The van der Waals surface area contributed by atoms with Gasteiger partial charge in [-0.15, -0.1) is 0 Å². The van der Waals surface area contributed by atoms with Crippen LogP contribution in [0.5, 0.6) is 0 Å². The fourth-order valence-corrected chi connectivity index (χ4v) is 4.61. The highest BCUT2D eigenvalue weighted by atomic mass is 19.4. The van der Waals surface area contributed by atoms with Crippen molar-refractivity contribution in [2.45, 2.75) is 37.6 Å². The highest BCUT2D eigenvalue weighted by molar-refractivity contribution is 6.05. The molecular formula is C24H26F3N3O3. The van der Waals surface area contributed by atoms with Gasteiger partial charge in [-0.25, -0.2) is 0 Å². The molecule has 0 spiro atoms. The van der Waals surface area contributed by atoms with Crippen LogP contribution in [-0.2, 0) is 9.59 Å². The Morgan fingerprint density at radius 3 is 2.36 bits per heavy atom. The van der Waals surface area contributed by atoms with E-state index in [9.17, 15) is 27.9 Å². The number of carbonyl (C=O) groups excluding carboxylic acids is 2. The smallest absolute Gasteiger partial charge is 0.388 e. The number of nitrogens with zero attached hydrogens (tertiary/aromatic N) is 2. The Morgan fingerprint density at radius 1 is 1.06 bits per heavy atom. The molecule has 9 heteroatoms. The topological polar surface area (TPSA) is 72.9 Å². The van der Waals surface area contributed by atoms with Gasteiger partial charge in [0.05, 0.1) is 30.4 Å². The maximum absolute atomic E-state index is 13.9. The monoisotopic (exact) mass is 461 g/mol. The summed E-state index contributed by atoms with van der Waals surface area (Å²) in [6.45, 7) is 0.788. The van der Waals surface area contributed by atoms with Crippen LogP contribution in [0, 0.1) is 5.92 Å². The van der Waals surface area contributed by atoms with E-state index in [0.717, 1.165) is 10.5 Å². The standard InChI is InChI=1S/C24H26F3N3O3/c25-24(26,27)20-14-21(31)28-18-8-4-5-9-19(18)30(20)22(32)15-29-12-10-17(11-13-29)23(33)16-6-2-1-3-7-16/h1-9,17,20,23,33H,10-15H2,(H,28,31)/t20-,23+/m1/s1. The number of fused-ring (bicyclic) bond motifs is 1. The molecule has 176 valence electrons. The lowest BCUT2D eigenvalue weighted by molar-refractivity contribution is -0.158. The number of hydrogen-bond acceptors (Lipinski definition) is 4. The molecule has 0 unspecified atom stereocenters. The van der Waals surface area contributed by atoms with E-state index in [1.54, 1.807) is 12.1 Å². The molecule has 6 nitrogen and oxygen atoms in total. The SMILES string of the molecule is O=C1C[C@H](C(F)(F)F)N(C(=O)CN2CCC([C@@H](O)c3ccccc3)CC2)c2ccccc2N1. The largest absolute Gasteiger partial charge is 0.409 e. The van der Waals surface area contributed by atoms with Gasteiger partial charge < -0.3 is 10.4 Å². The number of alkyl halides is 3. The van der Waals surface area contributed by atoms with Crippen LogP contribution in [0.15, 0.2) is 54.6 Å². The van der Waals surface area contributed by atoms with Gasteiger partial charge in [-0.2, -0.15) is 13.2 Å². The molecule has 2 aliphatic rings. The molecule has 0 aliphatic carbocycles. The van der Waals surface area contributed by atoms with E-state index in [1.807, 2.05) is 35.2 Å². The summed E-state index contributed by atoms with van der Waals surface area (Å²) in [6, 6.07) is 13.1. The molecule has 0 radical (unpaired) electrons. The molecule has 2 aromatic rings. The number of para-hydroxylation sites is 2. The molecule has 33 heavy (non-hydrogen) atoms. The molecule has 0 aromatic heterocycles. The van der Waals surface area contributed by atoms with E-state index in [4.69, 9.17) is 0 Å². The Bertz CT molecular complexity index is 991. The molecule has 2 aromatic carbocycles. The predicted octanol–water partition coefficient (Wildman–Crippen LogP) is 3.74. The van der Waals surface area contributed by atoms with Gasteiger partial charge >= 0.3 is 6.18 Å². The number of anilines is 2. The minimum Gasteiger partial charge on any atom is -0.388 e. The molecule has 2 atom stereocenters. The van der Waals surface area contributed by atoms with Crippen LogP contribution in [0.2, 0.25) is 0 Å². The Labute approximate surface area is 190 Å². The number of halogens is 3. The first-order valence-electron chi connectivity index (χ1n) is 11.0. The minimum atomic E-state index is -4.75. The molecule has 1 fully saturated rings. The molecule has 0 saturated carbocycles. The van der Waals surface area contributed by atoms with Gasteiger partial charge in [0.1, 0.15) is 6.04 Å². The van der Waals surface area contributed by atoms with Gasteiger partial charge in [-0.3, -0.25) is 19.4 Å². The number of nitrogens with one attached hydrogen (secondary N) is 1. The van der Waals surface area contributed by atoms with Crippen molar-refractivity contribution in [2.75, 3.05) is 29.9 Å². The minimum absolute atomic E-state index is 0.0161. The van der Waals surface area contributed by atoms with Gasteiger partial charge in [0, 0.05) is 0 Å². The van der Waals surface area contributed by atoms with Gasteiger partial charge in [0.15, 0.2) is 0 Å². The molecule has 2 aliphatic heterocycles. The number of rotatable bonds is 4. The van der Waals surface area contributed by atoms with Gasteiger partial charge in [0.2, 0.25) is 11.8 Å². The summed E-state index contributed by atoms with van der Waals surface area (Å²) in [7, 11) is 0. The normalized spacial score (nSPS) is 21.2. The Hall–Kier alpha value is -2.91. The summed E-state index contributed by atoms with van der Waals surface area (Å²) in [4.78, 5) is 27.8. The summed E-state index contributed by atoms with van der Waals surface area (Å²) in [6.07, 6.45) is -4.97. The number of amides is 2. The van der Waals surface area contributed by atoms with E-state index in [1.165, 1.54) is 12.1 Å². The van der Waals surface area contributed by atoms with Gasteiger partial charge in [-0.05, 0) is 49.5 Å². The number of hydrogen-bond donors (Lipinski definition) is 2. The lowest BCUT2D eigenvalue weighted by atomic mass is 9.87. The second-order valence-electron chi connectivity index (χ2n) is 8.56. The van der Waals surface area contributed by atoms with Crippen LogP contribution < -0.4 is 10.2 Å². The van der Waals surface area contributed by atoms with Crippen LogP contribution in [0.1, 0.15) is 30.9 Å². The fourth-order valence-electron chi connectivity index (χ4n) is 4.61. The van der Waals surface area contributed by atoms with Gasteiger partial charge in [-0.1, -0.05) is 42.5 Å². The lowest BCUT2D eigenvalue weighted by Crippen LogP contribution is -2.53. The van der Waals surface area contributed by atoms with Crippen molar-refractivity contribution in [1.29, 1.82) is 0 Å². The van der Waals surface area contributed by atoms with Crippen molar-refractivity contribution < 1.29 is 27.9 Å². The maximum Gasteiger partial charge on any atom is 0.409 e. The summed E-state index contributed by atoms with van der Waals surface area (Å²) in [5.74, 6) is -1.47. The first-order chi connectivity index (χ1) is 15.7. The predicted molar refractivity (Wildman–Crippen MR) is 118 cm³/mol. The Morgan fingerprint density at radius 2 is 1.70 bits per heavy atom. The average Bonchev–Trinajstić information content (AvgIpc) is 2.95. The van der Waals surface area contributed by atoms with Crippen LogP contribution in [-0.4, -0.2) is 53.7 Å². The average molecular weight is 461 g/mol. The third-order valence-electron chi connectivity index (χ3n) is 6.35. The zero-order chi connectivity index (χ0) is 23.6. The molecule has 0 bridgehead atoms. The highest BCUT2D eigenvalue weighted by Gasteiger charge is 2.49. The zero-order valence-corrected chi connectivity index (χ0v) is 18.0. The number of likely N-dealkylation sites (tertiary alicyclic amines) is 1. The van der Waals surface area contributed by atoms with E-state index in [-0.39, 0.29) is 23.8 Å². The fraction of sp³-hybridized carbons (Fsp3) is 0.417. The van der Waals surface area contributed by atoms with Crippen molar-refractivity contribution >= 4 is 23.2 Å². The van der Waals surface area contributed by atoms with E-state index in [2.05, 4.69) is 5.32 Å². The second-order valence-corrected chi connectivity index (χ2v) is 8.56. The van der Waals surface area contributed by atoms with Crippen LogP contribution in [0.3, 0.4) is 0 Å². The number of carbonyl (C=O) groups is 2. The second kappa shape index (κ2) is 9.52. The van der Waals surface area contributed by atoms with Crippen LogP contribution in [0.25, 0.3) is 0 Å². The summed E-state index contributed by atoms with van der Waals surface area (Å²) < 4.78 is 41.6. The first kappa shape index (κ1) is 23.3. The van der Waals surface area contributed by atoms with Crippen molar-refractivity contribution in [3.8, 4) is 0 Å². The molecular weight excluding hydrogens is 435 g/mol. The summed E-state index contributed by atoms with van der Waals surface area (Å²) in [5.41, 5.74) is 1.07. The molecule has 2 amide bonds. The van der Waals surface area contributed by atoms with Crippen LogP contribution in [0.4, 0.5) is 24.5 Å². The van der Waals surface area contributed by atoms with Crippen LogP contribution >= 0.6 is 0 Å². The van der Waals surface area contributed by atoms with E-state index < -0.39 is 36.6 Å². The molecule has 2 N–H and O–H groups in total. The van der Waals surface area contributed by atoms with Crippen molar-refractivity contribution in [2.24, 2.45) is 5.92 Å². The maximum atomic E-state index is 13.9. The Kier molecular flexibility index (Phi) is 6.71. The van der Waals surface area contributed by atoms with E-state index >= 15 is 0 Å². The molecule has 2 heterocycles.